The van der Waals surface area contributed by atoms with Gasteiger partial charge in [0.25, 0.3) is 0 Å². The van der Waals surface area contributed by atoms with Crippen LogP contribution in [0.25, 0.3) is 0 Å². The van der Waals surface area contributed by atoms with Gasteiger partial charge >= 0.3 is 6.03 Å². The highest BCUT2D eigenvalue weighted by Gasteiger charge is 2.14. The van der Waals surface area contributed by atoms with Crippen LogP contribution in [0.4, 0.5) is 23.7 Å². The van der Waals surface area contributed by atoms with Crippen LogP contribution in [0, 0.1) is 17.5 Å². The molecule has 8 heteroatoms. The van der Waals surface area contributed by atoms with E-state index in [2.05, 4.69) is 5.32 Å². The second-order valence-electron chi connectivity index (χ2n) is 4.11. The average molecular weight is 300 g/mol. The Kier molecular flexibility index (Phi) is 4.49. The number of aliphatic hydroxyl groups is 1. The first kappa shape index (κ1) is 14.9. The lowest BCUT2D eigenvalue weighted by molar-refractivity contribution is 0.149. The fraction of sp³-hybridized carbons (Fsp3) is 0.154. The van der Waals surface area contributed by atoms with Crippen molar-refractivity contribution in [2.24, 2.45) is 0 Å². The number of furan rings is 1. The summed E-state index contributed by atoms with van der Waals surface area (Å²) >= 11 is 0. The van der Waals surface area contributed by atoms with E-state index in [-0.39, 0.29) is 12.3 Å². The lowest BCUT2D eigenvalue weighted by Gasteiger charge is -2.11. The fourth-order valence-corrected chi connectivity index (χ4v) is 1.56. The van der Waals surface area contributed by atoms with E-state index in [1.807, 2.05) is 5.32 Å². The van der Waals surface area contributed by atoms with E-state index in [0.717, 1.165) is 0 Å². The molecule has 0 spiro atoms. The Labute approximate surface area is 117 Å². The van der Waals surface area contributed by atoms with Crippen molar-refractivity contribution in [3.63, 3.8) is 0 Å². The standard InChI is InChI=1S/C13H11F3N2O3/c14-7-4-9(16)10(5-8(7)15)18-13(20)17-6-11(19)12-2-1-3-21-12/h1-5,11,19H,6H2,(H2,17,18,20). The minimum Gasteiger partial charge on any atom is -0.467 e. The summed E-state index contributed by atoms with van der Waals surface area (Å²) in [5, 5.41) is 13.9. The molecular formula is C13H11F3N2O3. The minimum atomic E-state index is -1.35. The first-order chi connectivity index (χ1) is 9.97. The zero-order valence-corrected chi connectivity index (χ0v) is 10.6. The SMILES string of the molecule is O=C(NCC(O)c1ccco1)Nc1cc(F)c(F)cc1F. The number of aliphatic hydroxyl groups excluding tert-OH is 1. The zero-order valence-electron chi connectivity index (χ0n) is 10.6. The van der Waals surface area contributed by atoms with Gasteiger partial charge in [-0.1, -0.05) is 0 Å². The molecule has 1 aromatic carbocycles. The Balaban J connectivity index is 1.92. The van der Waals surface area contributed by atoms with Crippen molar-refractivity contribution in [1.29, 1.82) is 0 Å². The van der Waals surface area contributed by atoms with Gasteiger partial charge in [-0.25, -0.2) is 18.0 Å². The van der Waals surface area contributed by atoms with Gasteiger partial charge in [-0.3, -0.25) is 0 Å². The third-order valence-electron chi connectivity index (χ3n) is 2.59. The second-order valence-corrected chi connectivity index (χ2v) is 4.11. The minimum absolute atomic E-state index is 0.204. The van der Waals surface area contributed by atoms with Crippen LogP contribution in [0.15, 0.2) is 34.9 Å². The van der Waals surface area contributed by atoms with Gasteiger partial charge in [-0.05, 0) is 12.1 Å². The highest BCUT2D eigenvalue weighted by atomic mass is 19.2. The predicted molar refractivity (Wildman–Crippen MR) is 67.0 cm³/mol. The number of benzene rings is 1. The van der Waals surface area contributed by atoms with Crippen LogP contribution in [0.2, 0.25) is 0 Å². The highest BCUT2D eigenvalue weighted by Crippen LogP contribution is 2.18. The first-order valence-corrected chi connectivity index (χ1v) is 5.88. The smallest absolute Gasteiger partial charge is 0.319 e. The van der Waals surface area contributed by atoms with Gasteiger partial charge < -0.3 is 20.2 Å². The molecule has 0 aliphatic carbocycles. The predicted octanol–water partition coefficient (Wildman–Crippen LogP) is 2.55. The number of anilines is 1. The summed E-state index contributed by atoms with van der Waals surface area (Å²) in [6, 6.07) is 3.04. The van der Waals surface area contributed by atoms with Crippen LogP contribution < -0.4 is 10.6 Å². The Hall–Kier alpha value is -2.48. The van der Waals surface area contributed by atoms with Crippen LogP contribution in [0.5, 0.6) is 0 Å². The molecule has 3 N–H and O–H groups in total. The van der Waals surface area contributed by atoms with E-state index in [1.165, 1.54) is 12.3 Å². The van der Waals surface area contributed by atoms with E-state index in [4.69, 9.17) is 4.42 Å². The maximum absolute atomic E-state index is 13.3. The number of carbonyl (C=O) groups is 1. The highest BCUT2D eigenvalue weighted by molar-refractivity contribution is 5.89. The van der Waals surface area contributed by atoms with Gasteiger partial charge in [0.05, 0.1) is 18.5 Å². The summed E-state index contributed by atoms with van der Waals surface area (Å²) in [5.74, 6) is -3.51. The van der Waals surface area contributed by atoms with Crippen LogP contribution in [0.3, 0.4) is 0 Å². The van der Waals surface area contributed by atoms with Crippen molar-refractivity contribution in [3.05, 3.63) is 53.7 Å². The van der Waals surface area contributed by atoms with Gasteiger partial charge in [0.1, 0.15) is 17.7 Å². The maximum Gasteiger partial charge on any atom is 0.319 e. The third kappa shape index (κ3) is 3.76. The fourth-order valence-electron chi connectivity index (χ4n) is 1.56. The van der Waals surface area contributed by atoms with Gasteiger partial charge in [0, 0.05) is 12.1 Å². The van der Waals surface area contributed by atoms with Gasteiger partial charge in [-0.15, -0.1) is 0 Å². The largest absolute Gasteiger partial charge is 0.467 e. The molecule has 1 atom stereocenters. The number of urea groups is 1. The van der Waals surface area contributed by atoms with Crippen molar-refractivity contribution in [2.45, 2.75) is 6.10 Å². The molecule has 0 aliphatic rings. The quantitative estimate of drug-likeness (QED) is 0.760. The molecule has 1 heterocycles. The van der Waals surface area contributed by atoms with E-state index < -0.39 is 35.3 Å². The molecule has 5 nitrogen and oxygen atoms in total. The van der Waals surface area contributed by atoms with Crippen LogP contribution in [-0.2, 0) is 0 Å². The Morgan fingerprint density at radius 3 is 2.62 bits per heavy atom. The summed E-state index contributed by atoms with van der Waals surface area (Å²) in [6.45, 7) is -0.204. The van der Waals surface area contributed by atoms with Gasteiger partial charge in [0.15, 0.2) is 11.6 Å². The number of rotatable bonds is 4. The molecule has 1 aromatic heterocycles. The summed E-state index contributed by atoms with van der Waals surface area (Å²) < 4.78 is 43.9. The average Bonchev–Trinajstić information content (AvgIpc) is 2.96. The van der Waals surface area contributed by atoms with Crippen molar-refractivity contribution in [2.75, 3.05) is 11.9 Å². The molecule has 21 heavy (non-hydrogen) atoms. The summed E-state index contributed by atoms with van der Waals surface area (Å²) in [6.07, 6.45) is 0.274. The lowest BCUT2D eigenvalue weighted by Crippen LogP contribution is -2.32. The molecule has 0 saturated carbocycles. The van der Waals surface area contributed by atoms with E-state index in [0.29, 0.717) is 12.1 Å². The third-order valence-corrected chi connectivity index (χ3v) is 2.59. The second kappa shape index (κ2) is 6.31. The van der Waals surface area contributed by atoms with Gasteiger partial charge in [-0.2, -0.15) is 0 Å². The molecule has 0 aliphatic heterocycles. The lowest BCUT2D eigenvalue weighted by atomic mass is 10.2. The van der Waals surface area contributed by atoms with Crippen molar-refractivity contribution >= 4 is 11.7 Å². The molecule has 0 radical (unpaired) electrons. The zero-order chi connectivity index (χ0) is 15.4. The monoisotopic (exact) mass is 300 g/mol. The molecule has 2 aromatic rings. The summed E-state index contributed by atoms with van der Waals surface area (Å²) in [7, 11) is 0. The van der Waals surface area contributed by atoms with E-state index in [1.54, 1.807) is 6.07 Å². The first-order valence-electron chi connectivity index (χ1n) is 5.88. The van der Waals surface area contributed by atoms with Crippen LogP contribution >= 0.6 is 0 Å². The maximum atomic E-state index is 13.3. The number of amides is 2. The number of carbonyl (C=O) groups excluding carboxylic acids is 1. The number of hydrogen-bond acceptors (Lipinski definition) is 3. The molecule has 0 fully saturated rings. The Morgan fingerprint density at radius 1 is 1.24 bits per heavy atom. The van der Waals surface area contributed by atoms with Crippen molar-refractivity contribution in [3.8, 4) is 0 Å². The van der Waals surface area contributed by atoms with Crippen molar-refractivity contribution < 1.29 is 27.5 Å². The molecule has 0 bridgehead atoms. The summed E-state index contributed by atoms with van der Waals surface area (Å²) in [4.78, 5) is 11.5. The van der Waals surface area contributed by atoms with Crippen LogP contribution in [-0.4, -0.2) is 17.7 Å². The molecule has 2 amide bonds. The summed E-state index contributed by atoms with van der Waals surface area (Å²) in [5.41, 5.74) is -0.515. The number of halogens is 3. The Bertz CT molecular complexity index is 632. The normalized spacial score (nSPS) is 12.0. The number of nitrogens with one attached hydrogen (secondary N) is 2. The molecule has 112 valence electrons. The van der Waals surface area contributed by atoms with Crippen LogP contribution in [0.1, 0.15) is 11.9 Å². The topological polar surface area (TPSA) is 74.5 Å². The Morgan fingerprint density at radius 2 is 1.95 bits per heavy atom. The van der Waals surface area contributed by atoms with Gasteiger partial charge in [0.2, 0.25) is 0 Å². The molecule has 1 unspecified atom stereocenters. The molecular weight excluding hydrogens is 289 g/mol. The molecule has 2 rings (SSSR count). The van der Waals surface area contributed by atoms with Crippen molar-refractivity contribution in [1.82, 2.24) is 5.32 Å². The number of hydrogen-bond donors (Lipinski definition) is 3. The van der Waals surface area contributed by atoms with E-state index >= 15 is 0 Å². The molecule has 0 saturated heterocycles. The van der Waals surface area contributed by atoms with E-state index in [9.17, 15) is 23.1 Å².